The fourth-order valence-corrected chi connectivity index (χ4v) is 4.82. The van der Waals surface area contributed by atoms with Crippen molar-refractivity contribution < 1.29 is 10.2 Å². The van der Waals surface area contributed by atoms with Gasteiger partial charge in [-0.15, -0.1) is 0 Å². The summed E-state index contributed by atoms with van der Waals surface area (Å²) in [6.45, 7) is 9.75. The Hall–Kier alpha value is -3.80. The van der Waals surface area contributed by atoms with E-state index in [4.69, 9.17) is 9.97 Å². The van der Waals surface area contributed by atoms with Crippen LogP contribution in [0.15, 0.2) is 41.2 Å². The fraction of sp³-hybridized carbons (Fsp3) is 0.429. The highest BCUT2D eigenvalue weighted by atomic mass is 16.3. The Bertz CT molecular complexity index is 1540. The largest absolute Gasteiger partial charge is 0.395 e. The number of nitrogens with zero attached hydrogens (tertiary/aromatic N) is 6. The Morgan fingerprint density at radius 2 is 1.82 bits per heavy atom. The number of H-pyrrole nitrogens is 1. The maximum atomic E-state index is 13.2. The number of rotatable bonds is 8. The van der Waals surface area contributed by atoms with Crippen LogP contribution in [0.2, 0.25) is 0 Å². The highest BCUT2D eigenvalue weighted by Crippen LogP contribution is 2.30. The summed E-state index contributed by atoms with van der Waals surface area (Å²) in [5, 5.41) is 26.7. The number of aryl methyl sites for hydroxylation is 1. The van der Waals surface area contributed by atoms with Crippen molar-refractivity contribution in [3.05, 3.63) is 58.0 Å². The fourth-order valence-electron chi connectivity index (χ4n) is 4.82. The summed E-state index contributed by atoms with van der Waals surface area (Å²) in [5.74, 6) is 0.298. The first-order valence-electron chi connectivity index (χ1n) is 13.3. The number of aliphatic hydroxyl groups is 2. The molecule has 3 aromatic heterocycles. The molecule has 206 valence electrons. The Morgan fingerprint density at radius 3 is 2.51 bits per heavy atom. The number of likely N-dealkylation sites (N-methyl/N-ethyl adjacent to an activating group) is 1. The zero-order chi connectivity index (χ0) is 27.7. The van der Waals surface area contributed by atoms with Crippen LogP contribution in [-0.2, 0) is 18.6 Å². The average molecular weight is 533 g/mol. The third kappa shape index (κ3) is 5.25. The maximum Gasteiger partial charge on any atom is 0.278 e. The monoisotopic (exact) mass is 532 g/mol. The van der Waals surface area contributed by atoms with Gasteiger partial charge in [0.05, 0.1) is 18.9 Å². The lowest BCUT2D eigenvalue weighted by molar-refractivity contribution is 0.215. The molecule has 0 atom stereocenters. The van der Waals surface area contributed by atoms with Gasteiger partial charge in [-0.2, -0.15) is 4.98 Å². The number of piperazine rings is 1. The van der Waals surface area contributed by atoms with Crippen LogP contribution < -0.4 is 15.8 Å². The number of anilines is 3. The van der Waals surface area contributed by atoms with Gasteiger partial charge in [0.1, 0.15) is 11.1 Å². The summed E-state index contributed by atoms with van der Waals surface area (Å²) < 4.78 is 1.49. The number of hydrogen-bond acceptors (Lipinski definition) is 9. The molecule has 39 heavy (non-hydrogen) atoms. The highest BCUT2D eigenvalue weighted by Gasteiger charge is 2.24. The minimum absolute atomic E-state index is 0.0699. The lowest BCUT2D eigenvalue weighted by atomic mass is 9.90. The number of aliphatic hydroxyl groups excluding tert-OH is 2. The Labute approximate surface area is 227 Å². The molecule has 0 spiro atoms. The Kier molecular flexibility index (Phi) is 7.39. The van der Waals surface area contributed by atoms with Crippen molar-refractivity contribution >= 4 is 28.4 Å². The molecule has 0 unspecified atom stereocenters. The maximum absolute atomic E-state index is 13.2. The first-order valence-corrected chi connectivity index (χ1v) is 13.3. The zero-order valence-corrected chi connectivity index (χ0v) is 22.9. The van der Waals surface area contributed by atoms with Gasteiger partial charge in [0.2, 0.25) is 5.95 Å². The normalized spacial score (nSPS) is 14.8. The minimum atomic E-state index is -0.558. The number of hydrogen-bond donors (Lipinski definition) is 4. The van der Waals surface area contributed by atoms with E-state index in [1.807, 2.05) is 51.1 Å². The summed E-state index contributed by atoms with van der Waals surface area (Å²) in [4.78, 5) is 31.9. The van der Waals surface area contributed by atoms with Gasteiger partial charge in [-0.05, 0) is 44.3 Å². The number of nitrogens with one attached hydrogen (secondary N) is 2. The molecule has 0 saturated carbocycles. The SMILES string of the molecule is CCn1[nH]c2nc(Nc3ccc(N4CCN(C)CC4)c(CO)c3)nc(-c3cccc(C(C)(C)CO)n3)c2c1=O. The topological polar surface area (TPSA) is 135 Å². The second-order valence-corrected chi connectivity index (χ2v) is 10.6. The summed E-state index contributed by atoms with van der Waals surface area (Å²) >= 11 is 0. The molecular formula is C28H36N8O3. The van der Waals surface area contributed by atoms with Gasteiger partial charge in [-0.25, -0.2) is 4.98 Å². The number of aromatic amines is 1. The molecule has 0 bridgehead atoms. The first-order chi connectivity index (χ1) is 18.7. The summed E-state index contributed by atoms with van der Waals surface area (Å²) in [6.07, 6.45) is 0. The molecular weight excluding hydrogens is 496 g/mol. The summed E-state index contributed by atoms with van der Waals surface area (Å²) in [7, 11) is 2.11. The number of pyridine rings is 1. The lowest BCUT2D eigenvalue weighted by Crippen LogP contribution is -2.44. The standard InChI is InChI=1S/C28H36N8O3/c1-5-36-26(39)23-24(20-7-6-8-22(30-20)28(2,3)17-38)31-27(32-25(23)33-36)29-19-9-10-21(18(15-19)16-37)35-13-11-34(4)12-14-35/h6-10,15,37-38H,5,11-14,16-17H2,1-4H3,(H2,29,31,32,33). The molecule has 1 fully saturated rings. The van der Waals surface area contributed by atoms with Crippen LogP contribution in [0.3, 0.4) is 0 Å². The second kappa shape index (κ2) is 10.8. The van der Waals surface area contributed by atoms with Crippen LogP contribution in [0.5, 0.6) is 0 Å². The van der Waals surface area contributed by atoms with Crippen LogP contribution in [-0.4, -0.2) is 79.7 Å². The molecule has 11 heteroatoms. The number of aromatic nitrogens is 5. The average Bonchev–Trinajstić information content (AvgIpc) is 3.28. The van der Waals surface area contributed by atoms with E-state index in [1.54, 1.807) is 6.07 Å². The van der Waals surface area contributed by atoms with Crippen molar-refractivity contribution in [2.24, 2.45) is 0 Å². The van der Waals surface area contributed by atoms with Crippen molar-refractivity contribution in [2.45, 2.75) is 39.3 Å². The smallest absolute Gasteiger partial charge is 0.278 e. The van der Waals surface area contributed by atoms with Gasteiger partial charge in [-0.1, -0.05) is 19.9 Å². The van der Waals surface area contributed by atoms with Gasteiger partial charge in [0, 0.05) is 60.8 Å². The Morgan fingerprint density at radius 1 is 1.05 bits per heavy atom. The summed E-state index contributed by atoms with van der Waals surface area (Å²) in [5.41, 5.74) is 3.80. The molecule has 1 saturated heterocycles. The van der Waals surface area contributed by atoms with Crippen molar-refractivity contribution in [2.75, 3.05) is 50.1 Å². The molecule has 1 aliphatic rings. The van der Waals surface area contributed by atoms with E-state index in [2.05, 4.69) is 32.2 Å². The summed E-state index contributed by atoms with van der Waals surface area (Å²) in [6, 6.07) is 11.4. The van der Waals surface area contributed by atoms with Crippen LogP contribution in [0.4, 0.5) is 17.3 Å². The van der Waals surface area contributed by atoms with E-state index in [9.17, 15) is 15.0 Å². The van der Waals surface area contributed by atoms with Crippen LogP contribution in [0.25, 0.3) is 22.4 Å². The lowest BCUT2D eigenvalue weighted by Gasteiger charge is -2.35. The molecule has 4 N–H and O–H groups in total. The van der Waals surface area contributed by atoms with E-state index in [0.29, 0.717) is 40.6 Å². The van der Waals surface area contributed by atoms with Crippen LogP contribution in [0, 0.1) is 0 Å². The molecule has 1 aromatic carbocycles. The van der Waals surface area contributed by atoms with Gasteiger partial charge in [-0.3, -0.25) is 19.6 Å². The van der Waals surface area contributed by atoms with Gasteiger partial charge >= 0.3 is 0 Å². The van der Waals surface area contributed by atoms with Crippen molar-refractivity contribution in [1.29, 1.82) is 0 Å². The van der Waals surface area contributed by atoms with E-state index in [0.717, 1.165) is 43.1 Å². The molecule has 1 aliphatic heterocycles. The van der Waals surface area contributed by atoms with Gasteiger partial charge in [0.15, 0.2) is 5.65 Å². The van der Waals surface area contributed by atoms with Crippen molar-refractivity contribution in [3.63, 3.8) is 0 Å². The van der Waals surface area contributed by atoms with E-state index in [-0.39, 0.29) is 18.8 Å². The van der Waals surface area contributed by atoms with Crippen LogP contribution >= 0.6 is 0 Å². The first kappa shape index (κ1) is 26.8. The molecule has 0 radical (unpaired) electrons. The second-order valence-electron chi connectivity index (χ2n) is 10.6. The third-order valence-corrected chi connectivity index (χ3v) is 7.36. The molecule has 11 nitrogen and oxygen atoms in total. The van der Waals surface area contributed by atoms with E-state index in [1.165, 1.54) is 4.68 Å². The third-order valence-electron chi connectivity index (χ3n) is 7.36. The van der Waals surface area contributed by atoms with E-state index < -0.39 is 5.41 Å². The number of benzene rings is 1. The molecule has 4 heterocycles. The zero-order valence-electron chi connectivity index (χ0n) is 22.9. The van der Waals surface area contributed by atoms with Gasteiger partial charge < -0.3 is 25.3 Å². The molecule has 5 rings (SSSR count). The van der Waals surface area contributed by atoms with E-state index >= 15 is 0 Å². The predicted molar refractivity (Wildman–Crippen MR) is 153 cm³/mol. The highest BCUT2D eigenvalue weighted by molar-refractivity contribution is 5.90. The minimum Gasteiger partial charge on any atom is -0.395 e. The predicted octanol–water partition coefficient (Wildman–Crippen LogP) is 2.46. The Balaban J connectivity index is 1.55. The van der Waals surface area contributed by atoms with Gasteiger partial charge in [0.25, 0.3) is 5.56 Å². The van der Waals surface area contributed by atoms with Crippen molar-refractivity contribution in [1.82, 2.24) is 29.6 Å². The van der Waals surface area contributed by atoms with Crippen molar-refractivity contribution in [3.8, 4) is 11.4 Å². The molecule has 4 aromatic rings. The molecule has 0 amide bonds. The molecule has 0 aliphatic carbocycles. The quantitative estimate of drug-likeness (QED) is 0.270. The number of fused-ring (bicyclic) bond motifs is 1. The van der Waals surface area contributed by atoms with Crippen LogP contribution in [0.1, 0.15) is 32.0 Å².